The maximum Gasteiger partial charge on any atom is 0.329 e. The molecule has 3 aromatic rings. The molecule has 3 rings (SSSR count). The molecule has 0 aromatic heterocycles. The Morgan fingerprint density at radius 3 is 2.24 bits per heavy atom. The van der Waals surface area contributed by atoms with Gasteiger partial charge in [0.2, 0.25) is 0 Å². The SMILES string of the molecule is CCc1ccccc1NC(=O)COc1ccc(/C=N\NC(=O)C(=O)Nc2ccccc2OC)cc1OC. The smallest absolute Gasteiger partial charge is 0.329 e. The van der Waals surface area contributed by atoms with Gasteiger partial charge < -0.3 is 24.8 Å². The fraction of sp³-hybridized carbons (Fsp3) is 0.185. The molecule has 0 radical (unpaired) electrons. The first-order valence-corrected chi connectivity index (χ1v) is 11.4. The van der Waals surface area contributed by atoms with Gasteiger partial charge in [0.25, 0.3) is 5.91 Å². The Kier molecular flexibility index (Phi) is 9.60. The van der Waals surface area contributed by atoms with Crippen LogP contribution in [0.5, 0.6) is 17.2 Å². The van der Waals surface area contributed by atoms with Gasteiger partial charge in [0.05, 0.1) is 26.1 Å². The van der Waals surface area contributed by atoms with Crippen molar-refractivity contribution < 1.29 is 28.6 Å². The van der Waals surface area contributed by atoms with Crippen LogP contribution in [0, 0.1) is 0 Å². The number of hydrogen-bond donors (Lipinski definition) is 3. The molecule has 0 bridgehead atoms. The van der Waals surface area contributed by atoms with Gasteiger partial charge in [-0.25, -0.2) is 5.43 Å². The molecule has 10 nitrogen and oxygen atoms in total. The fourth-order valence-electron chi connectivity index (χ4n) is 3.31. The molecule has 3 N–H and O–H groups in total. The van der Waals surface area contributed by atoms with Crippen LogP contribution in [0.2, 0.25) is 0 Å². The van der Waals surface area contributed by atoms with Gasteiger partial charge in [0.1, 0.15) is 5.75 Å². The summed E-state index contributed by atoms with van der Waals surface area (Å²) in [5.74, 6) is -1.01. The molecule has 0 spiro atoms. The molecule has 0 fully saturated rings. The minimum absolute atomic E-state index is 0.209. The van der Waals surface area contributed by atoms with E-state index in [9.17, 15) is 14.4 Å². The number of carbonyl (C=O) groups excluding carboxylic acids is 3. The molecule has 0 unspecified atom stereocenters. The van der Waals surface area contributed by atoms with E-state index in [1.807, 2.05) is 31.2 Å². The molecule has 37 heavy (non-hydrogen) atoms. The predicted octanol–water partition coefficient (Wildman–Crippen LogP) is 3.37. The number of nitrogens with zero attached hydrogens (tertiary/aromatic N) is 1. The third kappa shape index (κ3) is 7.56. The van der Waals surface area contributed by atoms with Gasteiger partial charge >= 0.3 is 11.8 Å². The van der Waals surface area contributed by atoms with E-state index in [1.165, 1.54) is 20.4 Å². The zero-order valence-corrected chi connectivity index (χ0v) is 20.7. The van der Waals surface area contributed by atoms with E-state index in [2.05, 4.69) is 21.2 Å². The van der Waals surface area contributed by atoms with Gasteiger partial charge in [-0.1, -0.05) is 37.3 Å². The van der Waals surface area contributed by atoms with Crippen molar-refractivity contribution in [3.63, 3.8) is 0 Å². The Balaban J connectivity index is 1.54. The number of aryl methyl sites for hydroxylation is 1. The summed E-state index contributed by atoms with van der Waals surface area (Å²) in [6.45, 7) is 1.80. The van der Waals surface area contributed by atoms with Gasteiger partial charge in [-0.3, -0.25) is 14.4 Å². The Labute approximate surface area is 214 Å². The highest BCUT2D eigenvalue weighted by Crippen LogP contribution is 2.28. The van der Waals surface area contributed by atoms with Gasteiger partial charge in [0.15, 0.2) is 18.1 Å². The largest absolute Gasteiger partial charge is 0.495 e. The van der Waals surface area contributed by atoms with E-state index in [0.29, 0.717) is 28.5 Å². The van der Waals surface area contributed by atoms with Crippen molar-refractivity contribution in [1.29, 1.82) is 0 Å². The second-order valence-electron chi connectivity index (χ2n) is 7.61. The minimum atomic E-state index is -0.954. The summed E-state index contributed by atoms with van der Waals surface area (Å²) in [6.07, 6.45) is 2.13. The maximum atomic E-state index is 12.4. The van der Waals surface area contributed by atoms with Gasteiger partial charge in [-0.05, 0) is 53.9 Å². The van der Waals surface area contributed by atoms with Crippen molar-refractivity contribution in [3.8, 4) is 17.2 Å². The number of carbonyl (C=O) groups is 3. The summed E-state index contributed by atoms with van der Waals surface area (Å²) >= 11 is 0. The lowest BCUT2D eigenvalue weighted by atomic mass is 10.1. The average Bonchev–Trinajstić information content (AvgIpc) is 2.92. The summed E-state index contributed by atoms with van der Waals surface area (Å²) < 4.78 is 16.1. The van der Waals surface area contributed by atoms with Gasteiger partial charge in [-0.2, -0.15) is 5.10 Å². The van der Waals surface area contributed by atoms with Crippen molar-refractivity contribution in [2.75, 3.05) is 31.5 Å². The van der Waals surface area contributed by atoms with E-state index in [0.717, 1.165) is 17.7 Å². The van der Waals surface area contributed by atoms with Gasteiger partial charge in [0, 0.05) is 5.69 Å². The second kappa shape index (κ2) is 13.3. The van der Waals surface area contributed by atoms with E-state index < -0.39 is 11.8 Å². The summed E-state index contributed by atoms with van der Waals surface area (Å²) in [6, 6.07) is 19.2. The van der Waals surface area contributed by atoms with Crippen LogP contribution in [-0.2, 0) is 20.8 Å². The molecular formula is C27H28N4O6. The molecule has 0 aliphatic carbocycles. The van der Waals surface area contributed by atoms with Gasteiger partial charge in [-0.15, -0.1) is 0 Å². The first-order chi connectivity index (χ1) is 17.9. The molecule has 0 saturated carbocycles. The Morgan fingerprint density at radius 2 is 1.51 bits per heavy atom. The number of nitrogens with one attached hydrogen (secondary N) is 3. The quantitative estimate of drug-likeness (QED) is 0.221. The van der Waals surface area contributed by atoms with Crippen LogP contribution < -0.4 is 30.3 Å². The van der Waals surface area contributed by atoms with Crippen LogP contribution in [0.15, 0.2) is 71.8 Å². The number of para-hydroxylation sites is 3. The molecule has 0 heterocycles. The summed E-state index contributed by atoms with van der Waals surface area (Å²) in [5, 5.41) is 9.12. The zero-order chi connectivity index (χ0) is 26.6. The van der Waals surface area contributed by atoms with Crippen molar-refractivity contribution >= 4 is 35.3 Å². The lowest BCUT2D eigenvalue weighted by Crippen LogP contribution is -2.32. The number of hydrazone groups is 1. The summed E-state index contributed by atoms with van der Waals surface area (Å²) in [5.41, 5.74) is 4.87. The van der Waals surface area contributed by atoms with E-state index in [4.69, 9.17) is 14.2 Å². The Morgan fingerprint density at radius 1 is 0.811 bits per heavy atom. The fourth-order valence-corrected chi connectivity index (χ4v) is 3.31. The highest BCUT2D eigenvalue weighted by molar-refractivity contribution is 6.39. The molecule has 0 atom stereocenters. The first-order valence-electron chi connectivity index (χ1n) is 11.4. The highest BCUT2D eigenvalue weighted by atomic mass is 16.5. The number of amides is 3. The predicted molar refractivity (Wildman–Crippen MR) is 140 cm³/mol. The Bertz CT molecular complexity index is 1290. The van der Waals surface area contributed by atoms with Crippen LogP contribution in [-0.4, -0.2) is 44.8 Å². The van der Waals surface area contributed by atoms with Crippen LogP contribution in [0.3, 0.4) is 0 Å². The van der Waals surface area contributed by atoms with Crippen LogP contribution in [0.1, 0.15) is 18.1 Å². The number of hydrogen-bond acceptors (Lipinski definition) is 7. The third-order valence-electron chi connectivity index (χ3n) is 5.16. The van der Waals surface area contributed by atoms with E-state index in [-0.39, 0.29) is 12.5 Å². The molecule has 192 valence electrons. The molecule has 0 saturated heterocycles. The average molecular weight is 505 g/mol. The number of methoxy groups -OCH3 is 2. The maximum absolute atomic E-state index is 12.4. The van der Waals surface area contributed by atoms with Crippen LogP contribution in [0.25, 0.3) is 0 Å². The summed E-state index contributed by atoms with van der Waals surface area (Å²) in [4.78, 5) is 36.6. The lowest BCUT2D eigenvalue weighted by molar-refractivity contribution is -0.136. The normalized spacial score (nSPS) is 10.5. The Hall–Kier alpha value is -4.86. The standard InChI is InChI=1S/C27H28N4O6/c1-4-19-9-5-6-10-20(19)29-25(32)17-37-23-14-13-18(15-24(23)36-3)16-28-31-27(34)26(33)30-21-11-7-8-12-22(21)35-2/h5-16H,4,17H2,1-3H3,(H,29,32)(H,30,33)(H,31,34)/b28-16-. The molecule has 0 aliphatic heterocycles. The molecular weight excluding hydrogens is 476 g/mol. The van der Waals surface area contributed by atoms with Crippen LogP contribution >= 0.6 is 0 Å². The molecule has 3 amide bonds. The highest BCUT2D eigenvalue weighted by Gasteiger charge is 2.15. The topological polar surface area (TPSA) is 127 Å². The third-order valence-corrected chi connectivity index (χ3v) is 5.16. The number of ether oxygens (including phenoxy) is 3. The zero-order valence-electron chi connectivity index (χ0n) is 20.7. The van der Waals surface area contributed by atoms with E-state index in [1.54, 1.807) is 42.5 Å². The number of rotatable bonds is 10. The first kappa shape index (κ1) is 26.7. The monoisotopic (exact) mass is 504 g/mol. The van der Waals surface area contributed by atoms with Crippen molar-refractivity contribution in [1.82, 2.24) is 5.43 Å². The molecule has 0 aliphatic rings. The number of benzene rings is 3. The molecule has 3 aromatic carbocycles. The van der Waals surface area contributed by atoms with Crippen LogP contribution in [0.4, 0.5) is 11.4 Å². The lowest BCUT2D eigenvalue weighted by Gasteiger charge is -2.13. The second-order valence-corrected chi connectivity index (χ2v) is 7.61. The minimum Gasteiger partial charge on any atom is -0.495 e. The summed E-state index contributed by atoms with van der Waals surface area (Å²) in [7, 11) is 2.92. The molecule has 10 heteroatoms. The van der Waals surface area contributed by atoms with Crippen molar-refractivity contribution in [2.24, 2.45) is 5.10 Å². The van der Waals surface area contributed by atoms with Crippen molar-refractivity contribution in [2.45, 2.75) is 13.3 Å². The number of anilines is 2. The van der Waals surface area contributed by atoms with E-state index >= 15 is 0 Å². The van der Waals surface area contributed by atoms with Crippen molar-refractivity contribution in [3.05, 3.63) is 77.9 Å².